The number of alkyl halides is 1. The summed E-state index contributed by atoms with van der Waals surface area (Å²) in [5, 5.41) is 15.2. The van der Waals surface area contributed by atoms with Gasteiger partial charge in [-0.05, 0) is 52.0 Å². The Balaban J connectivity index is 1.74. The number of halogens is 1. The second-order valence-electron chi connectivity index (χ2n) is 10.2. The average molecular weight is 496 g/mol. The number of rotatable bonds is 5. The van der Waals surface area contributed by atoms with Crippen molar-refractivity contribution in [3.63, 3.8) is 0 Å². The van der Waals surface area contributed by atoms with Gasteiger partial charge in [-0.25, -0.2) is 13.9 Å². The number of ether oxygens (including phenoxy) is 2. The third-order valence-corrected chi connectivity index (χ3v) is 6.42. The second-order valence-corrected chi connectivity index (χ2v) is 10.2. The predicted octanol–water partition coefficient (Wildman–Crippen LogP) is 5.54. The zero-order valence-electron chi connectivity index (χ0n) is 21.5. The average Bonchev–Trinajstić information content (AvgIpc) is 3.24. The standard InChI is InChI=1S/C28H34FN3O4/c1-19-6-8-20(9-7-19)24-23(18-33)25(30-32(24)21-10-12-22(35-5)13-11-21)28(29)14-16-31(17-15-28)26(34)36-27(2,3)4/h6-13,33H,14-18H2,1-5H3. The third-order valence-electron chi connectivity index (χ3n) is 6.42. The fraction of sp³-hybridized carbons (Fsp3) is 0.429. The van der Waals surface area contributed by atoms with Crippen molar-refractivity contribution in [3.05, 3.63) is 65.4 Å². The minimum atomic E-state index is -1.80. The van der Waals surface area contributed by atoms with Crippen LogP contribution >= 0.6 is 0 Å². The Morgan fingerprint density at radius 1 is 1.08 bits per heavy atom. The molecule has 0 aliphatic carbocycles. The molecule has 0 spiro atoms. The molecule has 1 aliphatic rings. The van der Waals surface area contributed by atoms with Crippen LogP contribution in [0.4, 0.5) is 9.18 Å². The van der Waals surface area contributed by atoms with E-state index in [4.69, 9.17) is 14.6 Å². The summed E-state index contributed by atoms with van der Waals surface area (Å²) in [6.07, 6.45) is -0.325. The summed E-state index contributed by atoms with van der Waals surface area (Å²) in [5.74, 6) is 0.696. The molecule has 1 fully saturated rings. The number of aliphatic hydroxyl groups excluding tert-OH is 1. The first-order valence-electron chi connectivity index (χ1n) is 12.2. The van der Waals surface area contributed by atoms with Crippen molar-refractivity contribution in [2.75, 3.05) is 20.2 Å². The van der Waals surface area contributed by atoms with Gasteiger partial charge in [-0.3, -0.25) is 0 Å². The molecule has 1 N–H and O–H groups in total. The van der Waals surface area contributed by atoms with E-state index in [0.29, 0.717) is 17.0 Å². The molecule has 0 atom stereocenters. The van der Waals surface area contributed by atoms with Crippen molar-refractivity contribution in [1.29, 1.82) is 0 Å². The van der Waals surface area contributed by atoms with Crippen LogP contribution < -0.4 is 4.74 Å². The first-order valence-corrected chi connectivity index (χ1v) is 12.2. The fourth-order valence-electron chi connectivity index (χ4n) is 4.49. The highest BCUT2D eigenvalue weighted by Gasteiger charge is 2.43. The van der Waals surface area contributed by atoms with Gasteiger partial charge in [-0.2, -0.15) is 5.10 Å². The number of amides is 1. The molecule has 192 valence electrons. The van der Waals surface area contributed by atoms with E-state index in [0.717, 1.165) is 16.8 Å². The minimum Gasteiger partial charge on any atom is -0.497 e. The maximum Gasteiger partial charge on any atom is 0.410 e. The molecule has 0 radical (unpaired) electrons. The van der Waals surface area contributed by atoms with Gasteiger partial charge in [-0.1, -0.05) is 29.8 Å². The quantitative estimate of drug-likeness (QED) is 0.503. The zero-order valence-corrected chi connectivity index (χ0v) is 21.5. The Morgan fingerprint density at radius 2 is 1.69 bits per heavy atom. The molecule has 0 saturated carbocycles. The van der Waals surface area contributed by atoms with E-state index in [1.807, 2.05) is 55.5 Å². The monoisotopic (exact) mass is 495 g/mol. The molecular weight excluding hydrogens is 461 g/mol. The van der Waals surface area contributed by atoms with Crippen LogP contribution in [0, 0.1) is 6.92 Å². The van der Waals surface area contributed by atoms with E-state index >= 15 is 4.39 Å². The van der Waals surface area contributed by atoms with Gasteiger partial charge < -0.3 is 19.5 Å². The number of carbonyl (C=O) groups is 1. The van der Waals surface area contributed by atoms with Crippen LogP contribution in [0.1, 0.15) is 50.4 Å². The molecule has 1 aromatic heterocycles. The number of hydrogen-bond acceptors (Lipinski definition) is 5. The van der Waals surface area contributed by atoms with E-state index in [1.54, 1.807) is 32.6 Å². The molecule has 1 saturated heterocycles. The number of hydrogen-bond donors (Lipinski definition) is 1. The van der Waals surface area contributed by atoms with E-state index < -0.39 is 17.4 Å². The summed E-state index contributed by atoms with van der Waals surface area (Å²) in [6, 6.07) is 15.2. The summed E-state index contributed by atoms with van der Waals surface area (Å²) < 4.78 is 29.0. The Hall–Kier alpha value is -3.39. The van der Waals surface area contributed by atoms with Gasteiger partial charge in [0.25, 0.3) is 0 Å². The normalized spacial score (nSPS) is 15.6. The Kier molecular flexibility index (Phi) is 7.09. The van der Waals surface area contributed by atoms with E-state index in [1.165, 1.54) is 4.90 Å². The molecule has 2 heterocycles. The van der Waals surface area contributed by atoms with Gasteiger partial charge in [0.05, 0.1) is 25.1 Å². The summed E-state index contributed by atoms with van der Waals surface area (Å²) in [6.45, 7) is 7.45. The maximum absolute atomic E-state index is 16.5. The number of aliphatic hydroxyl groups is 1. The van der Waals surface area contributed by atoms with E-state index in [2.05, 4.69) is 0 Å². The Labute approximate surface area is 211 Å². The van der Waals surface area contributed by atoms with Gasteiger partial charge in [-0.15, -0.1) is 0 Å². The number of piperidine rings is 1. The third kappa shape index (κ3) is 5.23. The number of aromatic nitrogens is 2. The number of aryl methyl sites for hydroxylation is 1. The van der Waals surface area contributed by atoms with E-state index in [-0.39, 0.29) is 38.2 Å². The summed E-state index contributed by atoms with van der Waals surface area (Å²) >= 11 is 0. The lowest BCUT2D eigenvalue weighted by molar-refractivity contribution is 0.000771. The van der Waals surface area contributed by atoms with Gasteiger partial charge in [0.15, 0.2) is 5.67 Å². The molecule has 3 aromatic rings. The number of nitrogens with zero attached hydrogens (tertiary/aromatic N) is 3. The highest BCUT2D eigenvalue weighted by atomic mass is 19.1. The first kappa shape index (κ1) is 25.7. The smallest absolute Gasteiger partial charge is 0.410 e. The lowest BCUT2D eigenvalue weighted by Gasteiger charge is -2.36. The Bertz CT molecular complexity index is 1210. The van der Waals surface area contributed by atoms with Crippen LogP contribution in [0.2, 0.25) is 0 Å². The summed E-state index contributed by atoms with van der Waals surface area (Å²) in [5.41, 5.74) is 1.53. The van der Waals surface area contributed by atoms with Crippen LogP contribution in [0.15, 0.2) is 48.5 Å². The Morgan fingerprint density at radius 3 is 2.22 bits per heavy atom. The van der Waals surface area contributed by atoms with Crippen LogP contribution in [0.5, 0.6) is 5.75 Å². The second kappa shape index (κ2) is 9.93. The van der Waals surface area contributed by atoms with Crippen LogP contribution in [-0.2, 0) is 17.0 Å². The highest BCUT2D eigenvalue weighted by Crippen LogP contribution is 2.42. The van der Waals surface area contributed by atoms with Crippen LogP contribution in [0.25, 0.3) is 16.9 Å². The molecule has 36 heavy (non-hydrogen) atoms. The van der Waals surface area contributed by atoms with Crippen LogP contribution in [0.3, 0.4) is 0 Å². The maximum atomic E-state index is 16.5. The lowest BCUT2D eigenvalue weighted by Crippen LogP contribution is -2.45. The molecular formula is C28H34FN3O4. The van der Waals surface area contributed by atoms with E-state index in [9.17, 15) is 9.90 Å². The van der Waals surface area contributed by atoms with Crippen LogP contribution in [-0.4, -0.2) is 51.7 Å². The topological polar surface area (TPSA) is 76.8 Å². The van der Waals surface area contributed by atoms with Gasteiger partial charge in [0.1, 0.15) is 17.0 Å². The number of carbonyl (C=O) groups excluding carboxylic acids is 1. The molecule has 1 amide bonds. The lowest BCUT2D eigenvalue weighted by atomic mass is 9.87. The highest BCUT2D eigenvalue weighted by molar-refractivity contribution is 5.69. The van der Waals surface area contributed by atoms with Gasteiger partial charge in [0.2, 0.25) is 0 Å². The van der Waals surface area contributed by atoms with Crippen molar-refractivity contribution in [2.24, 2.45) is 0 Å². The van der Waals surface area contributed by atoms with Crippen molar-refractivity contribution in [3.8, 4) is 22.7 Å². The first-order chi connectivity index (χ1) is 17.0. The summed E-state index contributed by atoms with van der Waals surface area (Å²) in [4.78, 5) is 14.0. The predicted molar refractivity (Wildman–Crippen MR) is 136 cm³/mol. The molecule has 0 unspecified atom stereocenters. The zero-order chi connectivity index (χ0) is 26.1. The molecule has 8 heteroatoms. The number of benzene rings is 2. The fourth-order valence-corrected chi connectivity index (χ4v) is 4.49. The number of methoxy groups -OCH3 is 1. The largest absolute Gasteiger partial charge is 0.497 e. The van der Waals surface area contributed by atoms with Crippen molar-refractivity contribution in [2.45, 2.75) is 58.4 Å². The van der Waals surface area contributed by atoms with Crippen molar-refractivity contribution in [1.82, 2.24) is 14.7 Å². The molecule has 2 aromatic carbocycles. The minimum absolute atomic E-state index is 0.0617. The van der Waals surface area contributed by atoms with Gasteiger partial charge in [0, 0.05) is 37.1 Å². The van der Waals surface area contributed by atoms with Gasteiger partial charge >= 0.3 is 6.09 Å². The molecule has 1 aliphatic heterocycles. The van der Waals surface area contributed by atoms with Crippen molar-refractivity contribution >= 4 is 6.09 Å². The molecule has 0 bridgehead atoms. The number of likely N-dealkylation sites (tertiary alicyclic amines) is 1. The molecule has 4 rings (SSSR count). The summed E-state index contributed by atoms with van der Waals surface area (Å²) in [7, 11) is 1.60. The van der Waals surface area contributed by atoms with Crippen molar-refractivity contribution < 1.29 is 23.8 Å². The molecule has 7 nitrogen and oxygen atoms in total. The SMILES string of the molecule is COc1ccc(-n2nc(C3(F)CCN(C(=O)OC(C)(C)C)CC3)c(CO)c2-c2ccc(C)cc2)cc1.